The van der Waals surface area contributed by atoms with Gasteiger partial charge in [0, 0.05) is 11.8 Å². The number of rotatable bonds is 4. The first-order valence-electron chi connectivity index (χ1n) is 7.84. The lowest BCUT2D eigenvalue weighted by Crippen LogP contribution is -2.49. The number of fused-ring (bicyclic) bond motifs is 1. The van der Waals surface area contributed by atoms with Crippen molar-refractivity contribution in [1.82, 2.24) is 0 Å². The molecule has 2 aromatic carbocycles. The summed E-state index contributed by atoms with van der Waals surface area (Å²) >= 11 is 0. The number of benzene rings is 2. The molecule has 0 aliphatic carbocycles. The van der Waals surface area contributed by atoms with Gasteiger partial charge in [-0.3, -0.25) is 9.10 Å². The van der Waals surface area contributed by atoms with Crippen LogP contribution in [0.15, 0.2) is 42.5 Å². The third kappa shape index (κ3) is 3.48. The van der Waals surface area contributed by atoms with Crippen molar-refractivity contribution < 1.29 is 26.7 Å². The van der Waals surface area contributed by atoms with Crippen molar-refractivity contribution >= 4 is 27.3 Å². The fourth-order valence-electron chi connectivity index (χ4n) is 2.55. The molecule has 26 heavy (non-hydrogen) atoms. The molecule has 1 N–H and O–H groups in total. The molecule has 0 saturated carbocycles. The van der Waals surface area contributed by atoms with E-state index >= 15 is 0 Å². The molecule has 6 nitrogen and oxygen atoms in total. The van der Waals surface area contributed by atoms with Crippen LogP contribution in [0.3, 0.4) is 0 Å². The van der Waals surface area contributed by atoms with E-state index in [4.69, 9.17) is 4.74 Å². The molecule has 1 aliphatic heterocycles. The van der Waals surface area contributed by atoms with Gasteiger partial charge in [-0.1, -0.05) is 12.1 Å². The SMILES string of the molecule is CCS(=O)(=O)N1C[C@@H](C(=O)Nc2ccc(F)c(F)c2)Oc2ccccc21. The lowest BCUT2D eigenvalue weighted by atomic mass is 10.2. The van der Waals surface area contributed by atoms with E-state index in [-0.39, 0.29) is 23.7 Å². The summed E-state index contributed by atoms with van der Waals surface area (Å²) in [5, 5.41) is 2.41. The molecule has 3 rings (SSSR count). The van der Waals surface area contributed by atoms with Crippen molar-refractivity contribution in [2.75, 3.05) is 21.9 Å². The fraction of sp³-hybridized carbons (Fsp3) is 0.235. The Bertz CT molecular complexity index is 950. The highest BCUT2D eigenvalue weighted by molar-refractivity contribution is 7.92. The van der Waals surface area contributed by atoms with Crippen molar-refractivity contribution in [3.05, 3.63) is 54.1 Å². The van der Waals surface area contributed by atoms with Crippen LogP contribution in [-0.4, -0.2) is 32.7 Å². The van der Waals surface area contributed by atoms with E-state index in [1.54, 1.807) is 24.3 Å². The van der Waals surface area contributed by atoms with Crippen molar-refractivity contribution in [2.45, 2.75) is 13.0 Å². The van der Waals surface area contributed by atoms with Crippen LogP contribution in [0, 0.1) is 11.6 Å². The Hall–Kier alpha value is -2.68. The average Bonchev–Trinajstić information content (AvgIpc) is 2.63. The molecule has 0 saturated heterocycles. The maximum atomic E-state index is 13.3. The molecule has 9 heteroatoms. The van der Waals surface area contributed by atoms with E-state index in [1.165, 1.54) is 13.0 Å². The third-order valence-electron chi connectivity index (χ3n) is 3.91. The minimum absolute atomic E-state index is 0.0428. The quantitative estimate of drug-likeness (QED) is 0.882. The first-order valence-corrected chi connectivity index (χ1v) is 9.44. The molecule has 1 amide bonds. The van der Waals surface area contributed by atoms with Gasteiger partial charge in [0.1, 0.15) is 5.75 Å². The zero-order valence-electron chi connectivity index (χ0n) is 13.8. The molecule has 0 radical (unpaired) electrons. The molecule has 0 aromatic heterocycles. The minimum Gasteiger partial charge on any atom is -0.476 e. The maximum Gasteiger partial charge on any atom is 0.267 e. The number of ether oxygens (including phenoxy) is 1. The highest BCUT2D eigenvalue weighted by Crippen LogP contribution is 2.35. The van der Waals surface area contributed by atoms with Crippen molar-refractivity contribution in [1.29, 1.82) is 0 Å². The first-order chi connectivity index (χ1) is 12.3. The van der Waals surface area contributed by atoms with E-state index < -0.39 is 33.7 Å². The Balaban J connectivity index is 1.87. The monoisotopic (exact) mass is 382 g/mol. The van der Waals surface area contributed by atoms with Gasteiger partial charge in [0.25, 0.3) is 5.91 Å². The summed E-state index contributed by atoms with van der Waals surface area (Å²) in [6.07, 6.45) is -1.14. The molecule has 1 heterocycles. The average molecular weight is 382 g/mol. The first kappa shape index (κ1) is 18.1. The third-order valence-corrected chi connectivity index (χ3v) is 5.66. The van der Waals surface area contributed by atoms with Gasteiger partial charge in [0.15, 0.2) is 17.7 Å². The summed E-state index contributed by atoms with van der Waals surface area (Å²) in [4.78, 5) is 12.5. The fourth-order valence-corrected chi connectivity index (χ4v) is 3.68. The number of hydrogen-bond acceptors (Lipinski definition) is 4. The minimum atomic E-state index is -3.62. The van der Waals surface area contributed by atoms with Gasteiger partial charge in [0.05, 0.1) is 18.0 Å². The predicted molar refractivity (Wildman–Crippen MR) is 92.7 cm³/mol. The molecule has 138 valence electrons. The number of nitrogens with zero attached hydrogens (tertiary/aromatic N) is 1. The lowest BCUT2D eigenvalue weighted by Gasteiger charge is -2.34. The molecular weight excluding hydrogens is 366 g/mol. The summed E-state index contributed by atoms with van der Waals surface area (Å²) in [5.41, 5.74) is 0.396. The largest absolute Gasteiger partial charge is 0.476 e. The number of anilines is 2. The standard InChI is InChI=1S/C17H16F2N2O4S/c1-2-26(23,24)21-10-16(25-15-6-4-3-5-14(15)21)17(22)20-11-7-8-12(18)13(19)9-11/h3-9,16H,2,10H2,1H3,(H,20,22)/t16-/m0/s1. The zero-order valence-corrected chi connectivity index (χ0v) is 14.6. The van der Waals surface area contributed by atoms with Gasteiger partial charge in [-0.25, -0.2) is 17.2 Å². The van der Waals surface area contributed by atoms with Crippen LogP contribution < -0.4 is 14.4 Å². The maximum absolute atomic E-state index is 13.3. The van der Waals surface area contributed by atoms with Crippen molar-refractivity contribution in [3.8, 4) is 5.75 Å². The summed E-state index contributed by atoms with van der Waals surface area (Å²) in [7, 11) is -3.62. The summed E-state index contributed by atoms with van der Waals surface area (Å²) in [5.74, 6) is -2.69. The Morgan fingerprint density at radius 3 is 2.65 bits per heavy atom. The lowest BCUT2D eigenvalue weighted by molar-refractivity contribution is -0.122. The van der Waals surface area contributed by atoms with E-state index in [0.717, 1.165) is 16.4 Å². The molecule has 1 aliphatic rings. The number of halogens is 2. The van der Waals surface area contributed by atoms with Gasteiger partial charge in [-0.15, -0.1) is 0 Å². The van der Waals surface area contributed by atoms with Crippen LogP contribution in [0.1, 0.15) is 6.92 Å². The Kier molecular flexibility index (Phi) is 4.82. The van der Waals surface area contributed by atoms with Crippen molar-refractivity contribution in [3.63, 3.8) is 0 Å². The molecule has 0 unspecified atom stereocenters. The highest BCUT2D eigenvalue weighted by atomic mass is 32.2. The molecule has 0 bridgehead atoms. The number of para-hydroxylation sites is 2. The van der Waals surface area contributed by atoms with Crippen LogP contribution in [0.25, 0.3) is 0 Å². The Labute approximate surface area is 149 Å². The molecule has 2 aromatic rings. The van der Waals surface area contributed by atoms with Gasteiger partial charge in [-0.05, 0) is 31.2 Å². The van der Waals surface area contributed by atoms with Gasteiger partial charge >= 0.3 is 0 Å². The van der Waals surface area contributed by atoms with Gasteiger partial charge < -0.3 is 10.1 Å². The van der Waals surface area contributed by atoms with E-state index in [2.05, 4.69) is 5.32 Å². The number of sulfonamides is 1. The highest BCUT2D eigenvalue weighted by Gasteiger charge is 2.35. The Morgan fingerprint density at radius 2 is 1.96 bits per heavy atom. The van der Waals surface area contributed by atoms with Crippen LogP contribution in [0.5, 0.6) is 5.75 Å². The molecule has 0 fully saturated rings. The summed E-state index contributed by atoms with van der Waals surface area (Å²) < 4.78 is 57.8. The number of nitrogens with one attached hydrogen (secondary N) is 1. The van der Waals surface area contributed by atoms with E-state index in [9.17, 15) is 22.0 Å². The summed E-state index contributed by atoms with van der Waals surface area (Å²) in [6, 6.07) is 9.40. The van der Waals surface area contributed by atoms with E-state index in [1.807, 2.05) is 0 Å². The number of carbonyl (C=O) groups is 1. The Morgan fingerprint density at radius 1 is 1.23 bits per heavy atom. The predicted octanol–water partition coefficient (Wildman–Crippen LogP) is 2.52. The number of carbonyl (C=O) groups excluding carboxylic acids is 1. The molecule has 1 atom stereocenters. The van der Waals surface area contributed by atoms with Crippen molar-refractivity contribution in [2.24, 2.45) is 0 Å². The zero-order chi connectivity index (χ0) is 18.9. The van der Waals surface area contributed by atoms with Crippen LogP contribution in [0.4, 0.5) is 20.2 Å². The second-order valence-electron chi connectivity index (χ2n) is 5.62. The van der Waals surface area contributed by atoms with Gasteiger partial charge in [-0.2, -0.15) is 0 Å². The van der Waals surface area contributed by atoms with E-state index in [0.29, 0.717) is 5.69 Å². The molecular formula is C17H16F2N2O4S. The van der Waals surface area contributed by atoms with Crippen LogP contribution in [-0.2, 0) is 14.8 Å². The van der Waals surface area contributed by atoms with Crippen LogP contribution >= 0.6 is 0 Å². The topological polar surface area (TPSA) is 75.7 Å². The smallest absolute Gasteiger partial charge is 0.267 e. The second-order valence-corrected chi connectivity index (χ2v) is 7.81. The molecule has 0 spiro atoms. The number of hydrogen-bond donors (Lipinski definition) is 1. The second kappa shape index (κ2) is 6.91. The van der Waals surface area contributed by atoms with Gasteiger partial charge in [0.2, 0.25) is 10.0 Å². The van der Waals surface area contributed by atoms with Crippen LogP contribution in [0.2, 0.25) is 0 Å². The number of amides is 1. The summed E-state index contributed by atoms with van der Waals surface area (Å²) in [6.45, 7) is 1.28. The normalized spacial score (nSPS) is 16.6.